The fraction of sp³-hybridized carbons (Fsp3) is 0.261. The third-order valence-corrected chi connectivity index (χ3v) is 8.80. The Bertz CT molecular complexity index is 1220. The lowest BCUT2D eigenvalue weighted by atomic mass is 10.0. The molecule has 3 heterocycles. The predicted octanol–water partition coefficient (Wildman–Crippen LogP) is 5.21. The van der Waals surface area contributed by atoms with E-state index in [1.54, 1.807) is 6.20 Å². The Morgan fingerprint density at radius 2 is 2.06 bits per heavy atom. The summed E-state index contributed by atoms with van der Waals surface area (Å²) in [6.07, 6.45) is 3.64. The molecule has 166 valence electrons. The van der Waals surface area contributed by atoms with Gasteiger partial charge in [0, 0.05) is 30.4 Å². The van der Waals surface area contributed by atoms with Gasteiger partial charge in [-0.3, -0.25) is 4.79 Å². The van der Waals surface area contributed by atoms with E-state index < -0.39 is 11.2 Å². The number of carbonyl (C=O) groups excluding carboxylic acids is 1. The molecule has 1 aromatic carbocycles. The van der Waals surface area contributed by atoms with E-state index in [1.165, 1.54) is 29.6 Å². The first-order chi connectivity index (χ1) is 15.5. The van der Waals surface area contributed by atoms with E-state index >= 15 is 0 Å². The number of nitrogens with zero attached hydrogens (tertiary/aromatic N) is 2. The zero-order valence-electron chi connectivity index (χ0n) is 17.9. The quantitative estimate of drug-likeness (QED) is 0.334. The molecule has 4 aromatic rings. The Morgan fingerprint density at radius 3 is 2.72 bits per heavy atom. The molecule has 0 aliphatic rings. The molecule has 9 heteroatoms. The molecule has 0 aliphatic carbocycles. The minimum absolute atomic E-state index is 0.0624. The van der Waals surface area contributed by atoms with Gasteiger partial charge < -0.3 is 15.6 Å². The van der Waals surface area contributed by atoms with Gasteiger partial charge in [0.1, 0.15) is 27.0 Å². The first-order valence-electron chi connectivity index (χ1n) is 10.3. The van der Waals surface area contributed by atoms with Crippen LogP contribution in [-0.2, 0) is 22.5 Å². The Balaban J connectivity index is 1.82. The largest absolute Gasteiger partial charge is 0.611 e. The topological polar surface area (TPSA) is 104 Å². The number of amides is 1. The van der Waals surface area contributed by atoms with Crippen LogP contribution in [0.2, 0.25) is 0 Å². The highest BCUT2D eigenvalue weighted by atomic mass is 32.2. The Hall–Kier alpha value is -2.46. The summed E-state index contributed by atoms with van der Waals surface area (Å²) in [4.78, 5) is 21.2. The fourth-order valence-corrected chi connectivity index (χ4v) is 6.75. The van der Waals surface area contributed by atoms with Crippen molar-refractivity contribution in [2.24, 2.45) is 0 Å². The van der Waals surface area contributed by atoms with Gasteiger partial charge in [-0.15, -0.1) is 11.3 Å². The molecule has 0 aliphatic heterocycles. The van der Waals surface area contributed by atoms with Crippen LogP contribution < -0.4 is 11.1 Å². The van der Waals surface area contributed by atoms with Gasteiger partial charge in [-0.05, 0) is 40.4 Å². The van der Waals surface area contributed by atoms with Crippen LogP contribution in [0.3, 0.4) is 0 Å². The Labute approximate surface area is 198 Å². The van der Waals surface area contributed by atoms with E-state index in [-0.39, 0.29) is 5.91 Å². The smallest absolute Gasteiger partial charge is 0.232 e. The molecule has 4 rings (SSSR count). The van der Waals surface area contributed by atoms with Crippen LogP contribution in [0.15, 0.2) is 46.1 Å². The molecule has 0 radical (unpaired) electrons. The predicted molar refractivity (Wildman–Crippen MR) is 134 cm³/mol. The van der Waals surface area contributed by atoms with Crippen LogP contribution >= 0.6 is 22.7 Å². The normalized spacial score (nSPS) is 12.2. The van der Waals surface area contributed by atoms with Crippen LogP contribution in [0.1, 0.15) is 32.3 Å². The molecule has 6 nitrogen and oxygen atoms in total. The van der Waals surface area contributed by atoms with E-state index in [9.17, 15) is 9.35 Å². The molecule has 0 saturated heterocycles. The van der Waals surface area contributed by atoms with Crippen LogP contribution in [-0.4, -0.2) is 26.2 Å². The number of unbranched alkanes of at least 4 members (excludes halogenated alkanes) is 1. The summed E-state index contributed by atoms with van der Waals surface area (Å²) >= 11 is 1.79. The number of anilines is 1. The third kappa shape index (κ3) is 4.80. The lowest BCUT2D eigenvalue weighted by Gasteiger charge is -2.10. The van der Waals surface area contributed by atoms with Crippen LogP contribution in [0.5, 0.6) is 0 Å². The fourth-order valence-electron chi connectivity index (χ4n) is 3.35. The summed E-state index contributed by atoms with van der Waals surface area (Å²) in [5.41, 5.74) is 10.8. The summed E-state index contributed by atoms with van der Waals surface area (Å²) in [6, 6.07) is 10.0. The zero-order valence-corrected chi connectivity index (χ0v) is 20.3. The van der Waals surface area contributed by atoms with Crippen molar-refractivity contribution >= 4 is 55.7 Å². The van der Waals surface area contributed by atoms with E-state index in [0.717, 1.165) is 50.5 Å². The number of carbonyl (C=O) groups is 1. The second kappa shape index (κ2) is 9.99. The van der Waals surface area contributed by atoms with Crippen molar-refractivity contribution < 1.29 is 9.35 Å². The molecule has 0 saturated carbocycles. The number of thiazole rings is 1. The zero-order chi connectivity index (χ0) is 22.7. The highest BCUT2D eigenvalue weighted by Crippen LogP contribution is 2.43. The van der Waals surface area contributed by atoms with Crippen molar-refractivity contribution in [2.45, 2.75) is 37.4 Å². The first kappa shape index (κ1) is 22.7. The molecule has 1 atom stereocenters. The van der Waals surface area contributed by atoms with Gasteiger partial charge in [-0.1, -0.05) is 48.9 Å². The number of rotatable bonds is 8. The number of hydrogen-bond acceptors (Lipinski definition) is 7. The number of nitrogens with two attached hydrogens (primary N) is 1. The molecule has 0 fully saturated rings. The molecule has 0 bridgehead atoms. The maximum absolute atomic E-state index is 12.9. The van der Waals surface area contributed by atoms with Gasteiger partial charge >= 0.3 is 0 Å². The third-order valence-electron chi connectivity index (χ3n) is 5.01. The second-order valence-corrected chi connectivity index (χ2v) is 11.0. The van der Waals surface area contributed by atoms with E-state index in [2.05, 4.69) is 17.2 Å². The van der Waals surface area contributed by atoms with E-state index in [0.29, 0.717) is 22.2 Å². The van der Waals surface area contributed by atoms with Gasteiger partial charge in [-0.2, -0.15) is 0 Å². The Kier molecular flexibility index (Phi) is 7.10. The average Bonchev–Trinajstić information content (AvgIpc) is 3.44. The van der Waals surface area contributed by atoms with Crippen LogP contribution in [0.4, 0.5) is 5.69 Å². The van der Waals surface area contributed by atoms with Crippen LogP contribution in [0.25, 0.3) is 32.0 Å². The molecule has 1 amide bonds. The Morgan fingerprint density at radius 1 is 1.28 bits per heavy atom. The lowest BCUT2D eigenvalue weighted by Crippen LogP contribution is -2.18. The summed E-state index contributed by atoms with van der Waals surface area (Å²) in [6.45, 7) is 4.07. The maximum atomic E-state index is 12.9. The number of nitrogen functional groups attached to an aromatic ring is 1. The molecular weight excluding hydrogens is 460 g/mol. The number of thiophene rings is 1. The average molecular weight is 485 g/mol. The minimum Gasteiger partial charge on any atom is -0.611 e. The lowest BCUT2D eigenvalue weighted by molar-refractivity contribution is -0.119. The number of nitrogens with one attached hydrogen (secondary N) is 1. The molecule has 1 unspecified atom stereocenters. The standard InChI is InChI=1S/C23H24N4O2S3/c1-3-4-11-32(29)23-20(24)19-17(16-7-5-15(6-8-16)13-26-14(2)28)12-18(27-22(19)31-23)21-25-9-10-30-21/h5-10,12H,3-4,11,13,24H2,1-2H3,(H,26,28). The van der Waals surface area contributed by atoms with Gasteiger partial charge in [0.2, 0.25) is 10.1 Å². The van der Waals surface area contributed by atoms with Crippen LogP contribution in [0, 0.1) is 0 Å². The van der Waals surface area contributed by atoms with Crippen molar-refractivity contribution in [3.8, 4) is 21.8 Å². The first-order valence-corrected chi connectivity index (χ1v) is 13.3. The highest BCUT2D eigenvalue weighted by molar-refractivity contribution is 7.93. The minimum atomic E-state index is -1.15. The van der Waals surface area contributed by atoms with Crippen molar-refractivity contribution in [3.63, 3.8) is 0 Å². The van der Waals surface area contributed by atoms with Crippen molar-refractivity contribution in [1.82, 2.24) is 15.3 Å². The van der Waals surface area contributed by atoms with Crippen molar-refractivity contribution in [3.05, 3.63) is 47.5 Å². The van der Waals surface area contributed by atoms with Gasteiger partial charge in [-0.25, -0.2) is 9.97 Å². The SMILES string of the molecule is CCCC[S+]([O-])c1sc2nc(-c3nccs3)cc(-c3ccc(CNC(C)=O)cc3)c2c1N. The number of benzene rings is 1. The van der Waals surface area contributed by atoms with Crippen molar-refractivity contribution in [2.75, 3.05) is 11.5 Å². The number of aromatic nitrogens is 2. The molecule has 0 spiro atoms. The highest BCUT2D eigenvalue weighted by Gasteiger charge is 2.25. The van der Waals surface area contributed by atoms with Gasteiger partial charge in [0.15, 0.2) is 0 Å². The van der Waals surface area contributed by atoms with Crippen molar-refractivity contribution in [1.29, 1.82) is 0 Å². The number of hydrogen-bond donors (Lipinski definition) is 2. The number of fused-ring (bicyclic) bond motifs is 1. The maximum Gasteiger partial charge on any atom is 0.232 e. The summed E-state index contributed by atoms with van der Waals surface area (Å²) < 4.78 is 13.6. The van der Waals surface area contributed by atoms with Gasteiger partial charge in [0.05, 0.1) is 0 Å². The number of pyridine rings is 1. The molecule has 3 N–H and O–H groups in total. The van der Waals surface area contributed by atoms with E-state index in [1.807, 2.05) is 35.7 Å². The second-order valence-electron chi connectivity index (χ2n) is 7.39. The molecule has 3 aromatic heterocycles. The van der Waals surface area contributed by atoms with Gasteiger partial charge in [0.25, 0.3) is 0 Å². The summed E-state index contributed by atoms with van der Waals surface area (Å²) in [7, 11) is 0. The van der Waals surface area contributed by atoms with E-state index in [4.69, 9.17) is 10.7 Å². The summed E-state index contributed by atoms with van der Waals surface area (Å²) in [5.74, 6) is 0.535. The monoisotopic (exact) mass is 484 g/mol. The summed E-state index contributed by atoms with van der Waals surface area (Å²) in [5, 5.41) is 6.40. The molecule has 32 heavy (non-hydrogen) atoms. The molecular formula is C23H24N4O2S3.